The molecule has 2 aromatic heterocycles. The van der Waals surface area contributed by atoms with Gasteiger partial charge in [-0.3, -0.25) is 4.68 Å². The second-order valence-corrected chi connectivity index (χ2v) is 6.05. The monoisotopic (exact) mass is 269 g/mol. The third-order valence-corrected chi connectivity index (χ3v) is 3.55. The van der Waals surface area contributed by atoms with Gasteiger partial charge in [-0.1, -0.05) is 25.4 Å². The first-order valence-electron chi connectivity index (χ1n) is 5.63. The van der Waals surface area contributed by atoms with Crippen LogP contribution >= 0.6 is 22.9 Å². The van der Waals surface area contributed by atoms with Crippen LogP contribution in [0.2, 0.25) is 4.34 Å². The lowest BCUT2D eigenvalue weighted by atomic mass is 10.3. The number of hydrogen-bond donors (Lipinski definition) is 1. The fourth-order valence-corrected chi connectivity index (χ4v) is 2.57. The largest absolute Gasteiger partial charge is 0.309 e. The Kier molecular flexibility index (Phi) is 4.20. The molecule has 0 atom stereocenters. The van der Waals surface area contributed by atoms with Crippen molar-refractivity contribution in [2.75, 3.05) is 0 Å². The molecule has 0 saturated carbocycles. The van der Waals surface area contributed by atoms with Crippen LogP contribution in [0.25, 0.3) is 0 Å². The number of aromatic nitrogens is 2. The number of hydrogen-bond acceptors (Lipinski definition) is 3. The van der Waals surface area contributed by atoms with E-state index in [9.17, 15) is 0 Å². The van der Waals surface area contributed by atoms with E-state index in [4.69, 9.17) is 11.6 Å². The van der Waals surface area contributed by atoms with Crippen LogP contribution in [0, 0.1) is 0 Å². The van der Waals surface area contributed by atoms with Crippen LogP contribution in [0.4, 0.5) is 0 Å². The number of nitrogens with one attached hydrogen (secondary N) is 1. The summed E-state index contributed by atoms with van der Waals surface area (Å²) in [6, 6.07) is 6.49. The molecular weight excluding hydrogens is 254 g/mol. The summed E-state index contributed by atoms with van der Waals surface area (Å²) in [4.78, 5) is 1.22. The molecule has 5 heteroatoms. The second-order valence-electron chi connectivity index (χ2n) is 4.25. The lowest BCUT2D eigenvalue weighted by molar-refractivity contribution is 0.570. The van der Waals surface area contributed by atoms with Gasteiger partial charge in [0.25, 0.3) is 0 Å². The first-order chi connectivity index (χ1) is 8.13. The molecule has 92 valence electrons. The van der Waals surface area contributed by atoms with Crippen molar-refractivity contribution in [3.63, 3.8) is 0 Å². The van der Waals surface area contributed by atoms with Gasteiger partial charge in [-0.25, -0.2) is 0 Å². The minimum atomic E-state index is 0.483. The number of rotatable bonds is 5. The van der Waals surface area contributed by atoms with Gasteiger partial charge in [-0.05, 0) is 18.2 Å². The summed E-state index contributed by atoms with van der Waals surface area (Å²) in [6.07, 6.45) is 2.00. The van der Waals surface area contributed by atoms with Crippen molar-refractivity contribution in [3.05, 3.63) is 39.3 Å². The fourth-order valence-electron chi connectivity index (χ4n) is 1.49. The van der Waals surface area contributed by atoms with Gasteiger partial charge in [0.1, 0.15) is 0 Å². The Morgan fingerprint density at radius 2 is 2.24 bits per heavy atom. The quantitative estimate of drug-likeness (QED) is 0.904. The normalized spacial score (nSPS) is 11.3. The zero-order valence-electron chi connectivity index (χ0n) is 9.98. The lowest BCUT2D eigenvalue weighted by Gasteiger charge is -2.05. The second kappa shape index (κ2) is 5.67. The highest BCUT2D eigenvalue weighted by Crippen LogP contribution is 2.21. The molecule has 2 aromatic rings. The van der Waals surface area contributed by atoms with Crippen LogP contribution in [-0.2, 0) is 13.1 Å². The minimum Gasteiger partial charge on any atom is -0.309 e. The Morgan fingerprint density at radius 1 is 1.41 bits per heavy atom. The van der Waals surface area contributed by atoms with Crippen molar-refractivity contribution in [2.45, 2.75) is 33.0 Å². The summed E-state index contributed by atoms with van der Waals surface area (Å²) in [5, 5.41) is 7.85. The van der Waals surface area contributed by atoms with Crippen LogP contribution < -0.4 is 5.32 Å². The summed E-state index contributed by atoms with van der Waals surface area (Å²) in [7, 11) is 0. The third kappa shape index (κ3) is 3.84. The molecule has 0 spiro atoms. The lowest BCUT2D eigenvalue weighted by Crippen LogP contribution is -2.22. The highest BCUT2D eigenvalue weighted by atomic mass is 35.5. The van der Waals surface area contributed by atoms with E-state index in [2.05, 4.69) is 24.3 Å². The molecule has 3 nitrogen and oxygen atoms in total. The van der Waals surface area contributed by atoms with E-state index >= 15 is 0 Å². The maximum atomic E-state index is 5.90. The van der Waals surface area contributed by atoms with Crippen molar-refractivity contribution in [2.24, 2.45) is 0 Å². The van der Waals surface area contributed by atoms with E-state index in [1.807, 2.05) is 29.1 Å². The summed E-state index contributed by atoms with van der Waals surface area (Å²) in [5.41, 5.74) is 1.07. The maximum absolute atomic E-state index is 5.90. The van der Waals surface area contributed by atoms with Gasteiger partial charge in [0.2, 0.25) is 0 Å². The van der Waals surface area contributed by atoms with Gasteiger partial charge in [0.05, 0.1) is 16.6 Å². The van der Waals surface area contributed by atoms with E-state index in [0.29, 0.717) is 6.04 Å². The standard InChI is InChI=1S/C12H16ClN3S/c1-9(2)14-7-10-5-6-16(15-10)8-11-3-4-12(13)17-11/h3-6,9,14H,7-8H2,1-2H3. The molecular formula is C12H16ClN3S. The minimum absolute atomic E-state index is 0.483. The van der Waals surface area contributed by atoms with Crippen LogP contribution in [0.1, 0.15) is 24.4 Å². The van der Waals surface area contributed by atoms with Crippen LogP contribution in [0.15, 0.2) is 24.4 Å². The zero-order valence-corrected chi connectivity index (χ0v) is 11.6. The highest BCUT2D eigenvalue weighted by Gasteiger charge is 2.02. The predicted octanol–water partition coefficient (Wildman–Crippen LogP) is 3.14. The van der Waals surface area contributed by atoms with Crippen LogP contribution in [-0.4, -0.2) is 15.8 Å². The van der Waals surface area contributed by atoms with Gasteiger partial charge in [-0.2, -0.15) is 5.10 Å². The molecule has 0 fully saturated rings. The van der Waals surface area contributed by atoms with Gasteiger partial charge >= 0.3 is 0 Å². The molecule has 0 aliphatic rings. The Bertz CT molecular complexity index is 476. The molecule has 0 aliphatic carbocycles. The smallest absolute Gasteiger partial charge is 0.0931 e. The molecule has 17 heavy (non-hydrogen) atoms. The Balaban J connectivity index is 1.94. The first-order valence-corrected chi connectivity index (χ1v) is 6.83. The van der Waals surface area contributed by atoms with E-state index in [-0.39, 0.29) is 0 Å². The molecule has 0 bridgehead atoms. The first kappa shape index (κ1) is 12.6. The molecule has 0 radical (unpaired) electrons. The van der Waals surface area contributed by atoms with E-state index in [1.165, 1.54) is 4.88 Å². The van der Waals surface area contributed by atoms with Crippen LogP contribution in [0.3, 0.4) is 0 Å². The van der Waals surface area contributed by atoms with Gasteiger partial charge in [0, 0.05) is 23.7 Å². The Morgan fingerprint density at radius 3 is 2.88 bits per heavy atom. The third-order valence-electron chi connectivity index (χ3n) is 2.33. The maximum Gasteiger partial charge on any atom is 0.0931 e. The number of halogens is 1. The average molecular weight is 270 g/mol. The van der Waals surface area contributed by atoms with E-state index in [0.717, 1.165) is 23.1 Å². The highest BCUT2D eigenvalue weighted by molar-refractivity contribution is 7.16. The summed E-state index contributed by atoms with van der Waals surface area (Å²) in [5.74, 6) is 0. The van der Waals surface area contributed by atoms with Crippen molar-refractivity contribution < 1.29 is 0 Å². The molecule has 1 N–H and O–H groups in total. The summed E-state index contributed by atoms with van der Waals surface area (Å²) in [6.45, 7) is 5.87. The van der Waals surface area contributed by atoms with Gasteiger partial charge < -0.3 is 5.32 Å². The van der Waals surface area contributed by atoms with E-state index < -0.39 is 0 Å². The fraction of sp³-hybridized carbons (Fsp3) is 0.417. The molecule has 0 aliphatic heterocycles. The van der Waals surface area contributed by atoms with Crippen molar-refractivity contribution in [1.82, 2.24) is 15.1 Å². The summed E-state index contributed by atoms with van der Waals surface area (Å²) >= 11 is 7.49. The van der Waals surface area contributed by atoms with Crippen molar-refractivity contribution >= 4 is 22.9 Å². The number of thiophene rings is 1. The molecule has 2 heterocycles. The molecule has 0 unspecified atom stereocenters. The van der Waals surface area contributed by atoms with Crippen molar-refractivity contribution in [3.8, 4) is 0 Å². The molecule has 0 aromatic carbocycles. The molecule has 2 rings (SSSR count). The topological polar surface area (TPSA) is 29.9 Å². The van der Waals surface area contributed by atoms with Crippen LogP contribution in [0.5, 0.6) is 0 Å². The Hall–Kier alpha value is -0.840. The Labute approximate surface area is 110 Å². The van der Waals surface area contributed by atoms with Crippen molar-refractivity contribution in [1.29, 1.82) is 0 Å². The predicted molar refractivity (Wildman–Crippen MR) is 72.6 cm³/mol. The average Bonchev–Trinajstić information content (AvgIpc) is 2.86. The van der Waals surface area contributed by atoms with Gasteiger partial charge in [-0.15, -0.1) is 11.3 Å². The molecule has 0 saturated heterocycles. The SMILES string of the molecule is CC(C)NCc1ccn(Cc2ccc(Cl)s2)n1. The van der Waals surface area contributed by atoms with E-state index in [1.54, 1.807) is 11.3 Å². The summed E-state index contributed by atoms with van der Waals surface area (Å²) < 4.78 is 2.77. The number of nitrogens with zero attached hydrogens (tertiary/aromatic N) is 2. The zero-order chi connectivity index (χ0) is 12.3. The van der Waals surface area contributed by atoms with Gasteiger partial charge in [0.15, 0.2) is 0 Å². The molecule has 0 amide bonds.